The minimum atomic E-state index is -0.232. The van der Waals surface area contributed by atoms with E-state index < -0.39 is 0 Å². The van der Waals surface area contributed by atoms with Crippen LogP contribution in [0.5, 0.6) is 0 Å². The van der Waals surface area contributed by atoms with Crippen LogP contribution >= 0.6 is 11.6 Å². The van der Waals surface area contributed by atoms with E-state index in [1.807, 2.05) is 48.5 Å². The van der Waals surface area contributed by atoms with Crippen LogP contribution in [-0.4, -0.2) is 10.9 Å². The molecule has 0 aliphatic rings. The molecule has 5 heteroatoms. The number of amides is 1. The lowest BCUT2D eigenvalue weighted by Gasteiger charge is -2.02. The highest BCUT2D eigenvalue weighted by molar-refractivity contribution is 6.33. The van der Waals surface area contributed by atoms with Crippen molar-refractivity contribution in [1.29, 1.82) is 0 Å². The number of carbonyl (C=O) groups excluding carboxylic acids is 1. The number of aromatic nitrogens is 1. The number of hydrogen-bond acceptors (Lipinski definition) is 3. The molecule has 0 spiro atoms. The Labute approximate surface area is 132 Å². The van der Waals surface area contributed by atoms with Gasteiger partial charge in [0.25, 0.3) is 0 Å². The molecule has 22 heavy (non-hydrogen) atoms. The van der Waals surface area contributed by atoms with Crippen molar-refractivity contribution in [2.24, 2.45) is 0 Å². The average Bonchev–Trinajstić information content (AvgIpc) is 2.91. The highest BCUT2D eigenvalue weighted by Gasteiger charge is 2.18. The van der Waals surface area contributed by atoms with Gasteiger partial charge in [-0.25, -0.2) is 4.98 Å². The first-order valence-electron chi connectivity index (χ1n) is 6.74. The first-order valence-corrected chi connectivity index (χ1v) is 7.11. The van der Waals surface area contributed by atoms with Crippen molar-refractivity contribution in [3.8, 4) is 22.7 Å². The first-order chi connectivity index (χ1) is 10.6. The molecule has 0 fully saturated rings. The summed E-state index contributed by atoms with van der Waals surface area (Å²) >= 11 is 6.23. The van der Waals surface area contributed by atoms with Crippen molar-refractivity contribution in [1.82, 2.24) is 4.98 Å². The van der Waals surface area contributed by atoms with Gasteiger partial charge in [-0.05, 0) is 18.2 Å². The molecule has 4 nitrogen and oxygen atoms in total. The molecule has 1 aromatic heterocycles. The topological polar surface area (TPSA) is 55.1 Å². The molecule has 3 aromatic rings. The minimum Gasteiger partial charge on any atom is -0.420 e. The Hall–Kier alpha value is -2.59. The molecule has 0 radical (unpaired) electrons. The van der Waals surface area contributed by atoms with Crippen LogP contribution in [0.15, 0.2) is 59.0 Å². The van der Waals surface area contributed by atoms with Gasteiger partial charge in [-0.1, -0.05) is 48.0 Å². The summed E-state index contributed by atoms with van der Waals surface area (Å²) < 4.78 is 5.72. The number of nitrogens with zero attached hydrogens (tertiary/aromatic N) is 1. The summed E-state index contributed by atoms with van der Waals surface area (Å²) in [6, 6.07) is 16.8. The molecular formula is C17H13ClN2O2. The van der Waals surface area contributed by atoms with E-state index in [0.29, 0.717) is 28.1 Å². The summed E-state index contributed by atoms with van der Waals surface area (Å²) in [6.45, 7) is 1.42. The zero-order valence-corrected chi connectivity index (χ0v) is 12.6. The van der Waals surface area contributed by atoms with E-state index >= 15 is 0 Å². The second kappa shape index (κ2) is 6.03. The van der Waals surface area contributed by atoms with Gasteiger partial charge in [0.1, 0.15) is 5.69 Å². The molecule has 0 atom stereocenters. The average molecular weight is 313 g/mol. The Bertz CT molecular complexity index is 813. The second-order valence-corrected chi connectivity index (χ2v) is 5.13. The molecule has 0 aliphatic carbocycles. The van der Waals surface area contributed by atoms with Crippen LogP contribution in [0.25, 0.3) is 22.7 Å². The molecule has 0 saturated carbocycles. The van der Waals surface area contributed by atoms with E-state index in [1.165, 1.54) is 6.92 Å². The van der Waals surface area contributed by atoms with Crippen LogP contribution in [0.3, 0.4) is 0 Å². The summed E-state index contributed by atoms with van der Waals surface area (Å²) in [5.74, 6) is 0.489. The van der Waals surface area contributed by atoms with Gasteiger partial charge in [0.2, 0.25) is 17.7 Å². The zero-order valence-electron chi connectivity index (χ0n) is 11.8. The van der Waals surface area contributed by atoms with Gasteiger partial charge in [0, 0.05) is 18.1 Å². The van der Waals surface area contributed by atoms with E-state index in [-0.39, 0.29) is 5.91 Å². The van der Waals surface area contributed by atoms with Crippen molar-refractivity contribution < 1.29 is 9.21 Å². The van der Waals surface area contributed by atoms with E-state index in [2.05, 4.69) is 10.3 Å². The largest absolute Gasteiger partial charge is 0.420 e. The summed E-state index contributed by atoms with van der Waals surface area (Å²) in [5.41, 5.74) is 2.05. The number of hydrogen-bond donors (Lipinski definition) is 1. The summed E-state index contributed by atoms with van der Waals surface area (Å²) in [7, 11) is 0. The standard InChI is InChI=1S/C17H13ClN2O2/c1-11(21)19-17-15(13-9-5-6-10-14(13)18)20-16(22-17)12-7-3-2-4-8-12/h2-10H,1H3,(H,19,21). The predicted octanol–water partition coefficient (Wildman–Crippen LogP) is 4.62. The number of anilines is 1. The normalized spacial score (nSPS) is 10.5. The Morgan fingerprint density at radius 1 is 1.09 bits per heavy atom. The van der Waals surface area contributed by atoms with E-state index in [4.69, 9.17) is 16.0 Å². The van der Waals surface area contributed by atoms with Crippen LogP contribution in [0, 0.1) is 0 Å². The van der Waals surface area contributed by atoms with Crippen LogP contribution in [0.1, 0.15) is 6.92 Å². The molecular weight excluding hydrogens is 300 g/mol. The van der Waals surface area contributed by atoms with E-state index in [9.17, 15) is 4.79 Å². The predicted molar refractivity (Wildman–Crippen MR) is 86.7 cm³/mol. The molecule has 2 aromatic carbocycles. The summed E-state index contributed by atoms with van der Waals surface area (Å²) in [5, 5.41) is 3.21. The quantitative estimate of drug-likeness (QED) is 0.767. The molecule has 3 rings (SSSR count). The first kappa shape index (κ1) is 14.4. The molecule has 0 saturated heterocycles. The third kappa shape index (κ3) is 2.87. The maximum absolute atomic E-state index is 11.4. The van der Waals surface area contributed by atoms with E-state index in [0.717, 1.165) is 5.56 Å². The second-order valence-electron chi connectivity index (χ2n) is 4.72. The van der Waals surface area contributed by atoms with Gasteiger partial charge in [0.05, 0.1) is 5.02 Å². The van der Waals surface area contributed by atoms with Gasteiger partial charge in [0.15, 0.2) is 0 Å². The van der Waals surface area contributed by atoms with Crippen LogP contribution in [-0.2, 0) is 4.79 Å². The SMILES string of the molecule is CC(=O)Nc1oc(-c2ccccc2)nc1-c1ccccc1Cl. The van der Waals surface area contributed by atoms with Gasteiger partial charge in [-0.2, -0.15) is 0 Å². The van der Waals surface area contributed by atoms with Crippen LogP contribution in [0.2, 0.25) is 5.02 Å². The monoisotopic (exact) mass is 312 g/mol. The lowest BCUT2D eigenvalue weighted by Crippen LogP contribution is -2.05. The smallest absolute Gasteiger partial charge is 0.229 e. The van der Waals surface area contributed by atoms with Gasteiger partial charge in [-0.15, -0.1) is 0 Å². The number of oxazole rings is 1. The van der Waals surface area contributed by atoms with Crippen LogP contribution in [0.4, 0.5) is 5.88 Å². The lowest BCUT2D eigenvalue weighted by molar-refractivity contribution is -0.114. The number of nitrogens with one attached hydrogen (secondary N) is 1. The Morgan fingerprint density at radius 2 is 1.77 bits per heavy atom. The molecule has 110 valence electrons. The van der Waals surface area contributed by atoms with Gasteiger partial charge >= 0.3 is 0 Å². The Kier molecular flexibility index (Phi) is 3.94. The van der Waals surface area contributed by atoms with Crippen LogP contribution < -0.4 is 5.32 Å². The maximum atomic E-state index is 11.4. The van der Waals surface area contributed by atoms with E-state index in [1.54, 1.807) is 6.07 Å². The molecule has 0 unspecified atom stereocenters. The highest BCUT2D eigenvalue weighted by Crippen LogP contribution is 2.36. The molecule has 1 heterocycles. The fourth-order valence-corrected chi connectivity index (χ4v) is 2.33. The molecule has 1 amide bonds. The fraction of sp³-hybridized carbons (Fsp3) is 0.0588. The Morgan fingerprint density at radius 3 is 2.45 bits per heavy atom. The number of benzene rings is 2. The summed E-state index contributed by atoms with van der Waals surface area (Å²) in [6.07, 6.45) is 0. The van der Waals surface area contributed by atoms with Crippen molar-refractivity contribution in [3.63, 3.8) is 0 Å². The highest BCUT2D eigenvalue weighted by atomic mass is 35.5. The van der Waals surface area contributed by atoms with Gasteiger partial charge in [-0.3, -0.25) is 10.1 Å². The lowest BCUT2D eigenvalue weighted by atomic mass is 10.1. The van der Waals surface area contributed by atoms with Crippen molar-refractivity contribution >= 4 is 23.4 Å². The van der Waals surface area contributed by atoms with Gasteiger partial charge < -0.3 is 4.42 Å². The minimum absolute atomic E-state index is 0.232. The number of carbonyl (C=O) groups is 1. The molecule has 1 N–H and O–H groups in total. The number of halogens is 1. The third-order valence-electron chi connectivity index (χ3n) is 3.07. The van der Waals surface area contributed by atoms with Crippen molar-refractivity contribution in [3.05, 3.63) is 59.6 Å². The van der Waals surface area contributed by atoms with Crippen molar-refractivity contribution in [2.45, 2.75) is 6.92 Å². The zero-order chi connectivity index (χ0) is 15.5. The molecule has 0 bridgehead atoms. The third-order valence-corrected chi connectivity index (χ3v) is 3.40. The Balaban J connectivity index is 2.14. The maximum Gasteiger partial charge on any atom is 0.229 e. The summed E-state index contributed by atoms with van der Waals surface area (Å²) in [4.78, 5) is 15.9. The van der Waals surface area contributed by atoms with Crippen molar-refractivity contribution in [2.75, 3.05) is 5.32 Å². The molecule has 0 aliphatic heterocycles. The number of rotatable bonds is 3. The fourth-order valence-electron chi connectivity index (χ4n) is 2.10.